The molecule has 0 unspecified atom stereocenters. The van der Waals surface area contributed by atoms with Crippen molar-refractivity contribution in [2.45, 2.75) is 6.92 Å². The highest BCUT2D eigenvalue weighted by Crippen LogP contribution is 2.22. The lowest BCUT2D eigenvalue weighted by Crippen LogP contribution is -2.27. The fraction of sp³-hybridized carbons (Fsp3) is 0.286. The number of rotatable bonds is 2. The number of hydrogen-bond acceptors (Lipinski definition) is 5. The highest BCUT2D eigenvalue weighted by atomic mass is 16.6. The zero-order chi connectivity index (χ0) is 10.0. The van der Waals surface area contributed by atoms with Crippen molar-refractivity contribution in [3.05, 3.63) is 27.9 Å². The van der Waals surface area contributed by atoms with E-state index in [1.165, 1.54) is 13.1 Å². The van der Waals surface area contributed by atoms with Crippen molar-refractivity contribution >= 4 is 11.5 Å². The van der Waals surface area contributed by atoms with Gasteiger partial charge in [-0.2, -0.15) is 0 Å². The highest BCUT2D eigenvalue weighted by molar-refractivity contribution is 5.56. The van der Waals surface area contributed by atoms with Crippen LogP contribution in [-0.2, 0) is 0 Å². The Morgan fingerprint density at radius 2 is 2.23 bits per heavy atom. The predicted molar refractivity (Wildman–Crippen MR) is 48.2 cm³/mol. The van der Waals surface area contributed by atoms with E-state index in [4.69, 9.17) is 5.84 Å². The summed E-state index contributed by atoms with van der Waals surface area (Å²) in [5, 5.41) is 11.7. The molecule has 6 nitrogen and oxygen atoms in total. The molecular weight excluding hydrogens is 172 g/mol. The van der Waals surface area contributed by atoms with Gasteiger partial charge in [-0.3, -0.25) is 15.1 Å². The number of nitro groups is 1. The van der Waals surface area contributed by atoms with Crippen LogP contribution in [0.15, 0.2) is 12.1 Å². The Morgan fingerprint density at radius 1 is 1.62 bits per heavy atom. The number of nitrogens with two attached hydrogens (primary N) is 1. The molecule has 1 rings (SSSR count). The molecule has 1 aromatic heterocycles. The van der Waals surface area contributed by atoms with Gasteiger partial charge >= 0.3 is 5.69 Å². The third kappa shape index (κ3) is 1.91. The van der Waals surface area contributed by atoms with Crippen LogP contribution >= 0.6 is 0 Å². The number of aromatic nitrogens is 1. The van der Waals surface area contributed by atoms with Crippen LogP contribution in [0.1, 0.15) is 5.69 Å². The van der Waals surface area contributed by atoms with E-state index in [2.05, 4.69) is 4.98 Å². The third-order valence-corrected chi connectivity index (χ3v) is 1.52. The van der Waals surface area contributed by atoms with Crippen molar-refractivity contribution in [3.8, 4) is 0 Å². The monoisotopic (exact) mass is 182 g/mol. The van der Waals surface area contributed by atoms with Gasteiger partial charge in [0.25, 0.3) is 0 Å². The van der Waals surface area contributed by atoms with Crippen molar-refractivity contribution in [2.24, 2.45) is 5.84 Å². The summed E-state index contributed by atoms with van der Waals surface area (Å²) in [7, 11) is 1.51. The maximum Gasteiger partial charge on any atom is 0.312 e. The van der Waals surface area contributed by atoms with Crippen molar-refractivity contribution < 1.29 is 4.92 Å². The molecule has 0 fully saturated rings. The van der Waals surface area contributed by atoms with Crippen molar-refractivity contribution in [2.75, 3.05) is 12.1 Å². The first-order chi connectivity index (χ1) is 6.02. The average Bonchev–Trinajstić information content (AvgIpc) is 2.03. The number of hydrazine groups is 1. The topological polar surface area (TPSA) is 85.3 Å². The second-order valence-corrected chi connectivity index (χ2v) is 2.66. The third-order valence-electron chi connectivity index (χ3n) is 1.52. The van der Waals surface area contributed by atoms with E-state index in [1.807, 2.05) is 0 Å². The summed E-state index contributed by atoms with van der Waals surface area (Å²) in [6.45, 7) is 1.75. The van der Waals surface area contributed by atoms with Crippen molar-refractivity contribution in [3.63, 3.8) is 0 Å². The Kier molecular flexibility index (Phi) is 2.43. The lowest BCUT2D eigenvalue weighted by molar-refractivity contribution is -0.384. The van der Waals surface area contributed by atoms with Crippen LogP contribution in [-0.4, -0.2) is 17.0 Å². The number of nitrogens with zero attached hydrogens (tertiary/aromatic N) is 3. The summed E-state index contributed by atoms with van der Waals surface area (Å²) in [5.74, 6) is 5.56. The first kappa shape index (κ1) is 9.40. The molecule has 0 aliphatic heterocycles. The van der Waals surface area contributed by atoms with E-state index >= 15 is 0 Å². The highest BCUT2D eigenvalue weighted by Gasteiger charge is 2.16. The van der Waals surface area contributed by atoms with Crippen LogP contribution in [0.2, 0.25) is 0 Å². The molecule has 2 N–H and O–H groups in total. The van der Waals surface area contributed by atoms with Crippen molar-refractivity contribution in [1.82, 2.24) is 4.98 Å². The quantitative estimate of drug-likeness (QED) is 0.411. The summed E-state index contributed by atoms with van der Waals surface area (Å²) in [4.78, 5) is 14.0. The van der Waals surface area contributed by atoms with Crippen LogP contribution in [0.5, 0.6) is 0 Å². The smallest absolute Gasteiger partial charge is 0.292 e. The fourth-order valence-electron chi connectivity index (χ4n) is 0.938. The second kappa shape index (κ2) is 3.36. The molecule has 1 aromatic rings. The lowest BCUT2D eigenvalue weighted by atomic mass is 10.3. The molecule has 0 aliphatic rings. The van der Waals surface area contributed by atoms with Gasteiger partial charge in [0.1, 0.15) is 0 Å². The summed E-state index contributed by atoms with van der Waals surface area (Å²) in [6.07, 6.45) is 0. The lowest BCUT2D eigenvalue weighted by Gasteiger charge is -2.10. The van der Waals surface area contributed by atoms with Gasteiger partial charge in [0.05, 0.1) is 4.92 Å². The minimum atomic E-state index is -0.509. The summed E-state index contributed by atoms with van der Waals surface area (Å²) < 4.78 is 0. The zero-order valence-corrected chi connectivity index (χ0v) is 7.39. The van der Waals surface area contributed by atoms with Gasteiger partial charge in [-0.1, -0.05) is 0 Å². The molecule has 6 heteroatoms. The van der Waals surface area contributed by atoms with Gasteiger partial charge in [0.15, 0.2) is 0 Å². The first-order valence-corrected chi connectivity index (χ1v) is 3.63. The largest absolute Gasteiger partial charge is 0.312 e. The predicted octanol–water partition coefficient (Wildman–Crippen LogP) is 0.608. The number of anilines is 1. The van der Waals surface area contributed by atoms with Crippen LogP contribution in [0.3, 0.4) is 0 Å². The van der Waals surface area contributed by atoms with Crippen molar-refractivity contribution in [1.29, 1.82) is 0 Å². The van der Waals surface area contributed by atoms with Crippen LogP contribution in [0, 0.1) is 17.0 Å². The van der Waals surface area contributed by atoms with Gasteiger partial charge < -0.3 is 0 Å². The second-order valence-electron chi connectivity index (χ2n) is 2.66. The van der Waals surface area contributed by atoms with Crippen LogP contribution in [0.4, 0.5) is 11.5 Å². The summed E-state index contributed by atoms with van der Waals surface area (Å²) in [6, 6.07) is 2.96. The molecule has 0 radical (unpaired) electrons. The Bertz CT molecular complexity index is 337. The van der Waals surface area contributed by atoms with E-state index in [-0.39, 0.29) is 11.5 Å². The fourth-order valence-corrected chi connectivity index (χ4v) is 0.938. The Morgan fingerprint density at radius 3 is 2.69 bits per heavy atom. The van der Waals surface area contributed by atoms with Gasteiger partial charge in [0.2, 0.25) is 5.82 Å². The van der Waals surface area contributed by atoms with E-state index < -0.39 is 4.92 Å². The molecular formula is C7H10N4O2. The van der Waals surface area contributed by atoms with Gasteiger partial charge in [-0.25, -0.2) is 10.8 Å². The maximum absolute atomic E-state index is 10.5. The maximum atomic E-state index is 10.5. The SMILES string of the molecule is Cc1ccc([N+](=O)[O-])c(N(C)N)n1. The van der Waals surface area contributed by atoms with Crippen LogP contribution in [0.25, 0.3) is 0 Å². The molecule has 1 heterocycles. The van der Waals surface area contributed by atoms with Gasteiger partial charge in [-0.05, 0) is 13.0 Å². The first-order valence-electron chi connectivity index (χ1n) is 3.63. The summed E-state index contributed by atoms with van der Waals surface area (Å²) in [5.41, 5.74) is 0.605. The molecule has 0 aliphatic carbocycles. The van der Waals surface area contributed by atoms with Gasteiger partial charge in [0, 0.05) is 18.8 Å². The molecule has 0 atom stereocenters. The molecule has 0 amide bonds. The molecule has 13 heavy (non-hydrogen) atoms. The standard InChI is InChI=1S/C7H10N4O2/c1-5-3-4-6(11(12)13)7(9-5)10(2)8/h3-4H,8H2,1-2H3. The van der Waals surface area contributed by atoms with Gasteiger partial charge in [-0.15, -0.1) is 0 Å². The van der Waals surface area contributed by atoms with E-state index in [9.17, 15) is 10.1 Å². The number of aryl methyl sites for hydroxylation is 1. The summed E-state index contributed by atoms with van der Waals surface area (Å²) >= 11 is 0. The Hall–Kier alpha value is -1.69. The van der Waals surface area contributed by atoms with E-state index in [0.29, 0.717) is 5.69 Å². The van der Waals surface area contributed by atoms with Crippen LogP contribution < -0.4 is 10.9 Å². The number of pyridine rings is 1. The minimum Gasteiger partial charge on any atom is -0.292 e. The average molecular weight is 182 g/mol. The van der Waals surface area contributed by atoms with E-state index in [1.54, 1.807) is 13.0 Å². The molecule has 70 valence electrons. The minimum absolute atomic E-state index is 0.0874. The Labute approximate surface area is 75.1 Å². The number of hydrogen-bond donors (Lipinski definition) is 1. The Balaban J connectivity index is 3.26. The molecule has 0 saturated carbocycles. The molecule has 0 spiro atoms. The molecule has 0 saturated heterocycles. The van der Waals surface area contributed by atoms with E-state index in [0.717, 1.165) is 5.01 Å². The normalized spacial score (nSPS) is 9.77. The molecule has 0 bridgehead atoms. The zero-order valence-electron chi connectivity index (χ0n) is 7.39. The molecule has 0 aromatic carbocycles.